The number of nitriles is 1. The van der Waals surface area contributed by atoms with Crippen LogP contribution in [-0.2, 0) is 9.59 Å². The summed E-state index contributed by atoms with van der Waals surface area (Å²) in [6.07, 6.45) is 0. The third-order valence-electron chi connectivity index (χ3n) is 4.33. The van der Waals surface area contributed by atoms with Crippen LogP contribution in [0.1, 0.15) is 13.8 Å². The molecule has 30 heavy (non-hydrogen) atoms. The van der Waals surface area contributed by atoms with E-state index in [0.717, 1.165) is 13.8 Å². The van der Waals surface area contributed by atoms with Crippen molar-refractivity contribution in [3.63, 3.8) is 0 Å². The molecule has 0 spiro atoms. The van der Waals surface area contributed by atoms with Crippen LogP contribution in [0.4, 0.5) is 0 Å². The van der Waals surface area contributed by atoms with Crippen molar-refractivity contribution in [1.82, 2.24) is 10.6 Å². The van der Waals surface area contributed by atoms with Crippen molar-refractivity contribution < 1.29 is 40.2 Å². The van der Waals surface area contributed by atoms with Crippen molar-refractivity contribution in [2.45, 2.75) is 36.1 Å². The highest BCUT2D eigenvalue weighted by atomic mass is 16.3. The zero-order chi connectivity index (χ0) is 23.6. The fourth-order valence-electron chi connectivity index (χ4n) is 1.69. The maximum absolute atomic E-state index is 12.4. The van der Waals surface area contributed by atoms with Gasteiger partial charge in [-0.05, 0) is 6.92 Å². The third-order valence-corrected chi connectivity index (χ3v) is 4.33. The molecule has 2 unspecified atom stereocenters. The van der Waals surface area contributed by atoms with Crippen LogP contribution in [0.25, 0.3) is 4.85 Å². The molecule has 0 aliphatic heterocycles. The van der Waals surface area contributed by atoms with Gasteiger partial charge in [0.05, 0.1) is 39.6 Å². The number of hydrogen-bond acceptors (Lipinski definition) is 11. The topological polar surface area (TPSA) is 232 Å². The van der Waals surface area contributed by atoms with Gasteiger partial charge in [0.2, 0.25) is 5.54 Å². The number of hydrogen-bond donors (Lipinski definition) is 8. The number of rotatable bonds is 12. The molecule has 0 fully saturated rings. The second kappa shape index (κ2) is 10.9. The molecule has 14 heteroatoms. The average molecular weight is 430 g/mol. The van der Waals surface area contributed by atoms with E-state index in [1.807, 2.05) is 0 Å². The summed E-state index contributed by atoms with van der Waals surface area (Å²) >= 11 is 0. The van der Waals surface area contributed by atoms with E-state index < -0.39 is 73.7 Å². The molecule has 2 atom stereocenters. The number of nitrogens with zero attached hydrogens (tertiary/aromatic N) is 4. The van der Waals surface area contributed by atoms with E-state index in [9.17, 15) is 45.5 Å². The quantitative estimate of drug-likeness (QED) is 0.111. The Hall–Kier alpha value is -2.72. The predicted octanol–water partition coefficient (Wildman–Crippen LogP) is -3.98. The Labute approximate surface area is 172 Å². The number of carbonyl (C=O) groups excluding carboxylic acids is 2. The van der Waals surface area contributed by atoms with Crippen LogP contribution in [0.5, 0.6) is 0 Å². The summed E-state index contributed by atoms with van der Waals surface area (Å²) in [4.78, 5) is 27.9. The lowest BCUT2D eigenvalue weighted by atomic mass is 9.99. The fourth-order valence-corrected chi connectivity index (χ4v) is 1.69. The minimum Gasteiger partial charge on any atom is -0.394 e. The normalized spacial score (nSPS) is 16.1. The van der Waals surface area contributed by atoms with Crippen LogP contribution in [-0.4, -0.2) is 104 Å². The SMILES string of the molecule is [C-]#[N+]C(C)(N=NC(C)(C#N)C(=O)NC(CO)(CO)CO)C(=O)NC(CO)(CO)CO. The van der Waals surface area contributed by atoms with E-state index >= 15 is 0 Å². The minimum atomic E-state index is -2.34. The van der Waals surface area contributed by atoms with Crippen LogP contribution in [0.2, 0.25) is 0 Å². The Kier molecular flexibility index (Phi) is 9.90. The van der Waals surface area contributed by atoms with Crippen LogP contribution in [0, 0.1) is 17.9 Å². The monoisotopic (exact) mass is 430 g/mol. The summed E-state index contributed by atoms with van der Waals surface area (Å²) in [6, 6.07) is 1.52. The molecule has 14 nitrogen and oxygen atoms in total. The Balaban J connectivity index is 5.84. The first kappa shape index (κ1) is 27.3. The molecule has 0 saturated heterocycles. The molecule has 0 rings (SSSR count). The molecule has 0 bridgehead atoms. The van der Waals surface area contributed by atoms with Crippen molar-refractivity contribution in [2.24, 2.45) is 10.2 Å². The Morgan fingerprint density at radius 2 is 1.23 bits per heavy atom. The molecule has 8 N–H and O–H groups in total. The largest absolute Gasteiger partial charge is 0.415 e. The number of azo groups is 1. The summed E-state index contributed by atoms with van der Waals surface area (Å²) in [5.74, 6) is -2.37. The molecule has 0 saturated carbocycles. The van der Waals surface area contributed by atoms with Gasteiger partial charge in [0, 0.05) is 6.92 Å². The molecule has 0 aromatic rings. The lowest BCUT2D eigenvalue weighted by molar-refractivity contribution is -0.130. The highest BCUT2D eigenvalue weighted by molar-refractivity contribution is 5.90. The van der Waals surface area contributed by atoms with Gasteiger partial charge in [-0.2, -0.15) is 10.4 Å². The summed E-state index contributed by atoms with van der Waals surface area (Å²) in [6.45, 7) is 4.00. The Bertz CT molecular complexity index is 648. The number of nitrogens with one attached hydrogen (secondary N) is 2. The van der Waals surface area contributed by atoms with Crippen LogP contribution in [0.3, 0.4) is 0 Å². The summed E-state index contributed by atoms with van der Waals surface area (Å²) < 4.78 is 0. The second-order valence-electron chi connectivity index (χ2n) is 6.93. The molecule has 0 aliphatic carbocycles. The van der Waals surface area contributed by atoms with E-state index in [1.165, 1.54) is 6.07 Å². The Morgan fingerprint density at radius 3 is 1.53 bits per heavy atom. The summed E-state index contributed by atoms with van der Waals surface area (Å²) in [5.41, 5.74) is -8.37. The van der Waals surface area contributed by atoms with Gasteiger partial charge in [-0.15, -0.1) is 0 Å². The van der Waals surface area contributed by atoms with Crippen molar-refractivity contribution in [3.05, 3.63) is 11.4 Å². The smallest absolute Gasteiger partial charge is 0.394 e. The third kappa shape index (κ3) is 5.90. The van der Waals surface area contributed by atoms with E-state index in [2.05, 4.69) is 25.7 Å². The average Bonchev–Trinajstić information content (AvgIpc) is 2.78. The number of carbonyl (C=O) groups is 2. The van der Waals surface area contributed by atoms with Crippen molar-refractivity contribution in [2.75, 3.05) is 39.6 Å². The maximum Gasteiger partial charge on any atom is 0.415 e. The van der Waals surface area contributed by atoms with E-state index in [-0.39, 0.29) is 0 Å². The van der Waals surface area contributed by atoms with Gasteiger partial charge >= 0.3 is 11.6 Å². The number of amides is 2. The number of aliphatic hydroxyl groups excluding tert-OH is 6. The molecule has 0 aromatic carbocycles. The molecular weight excluding hydrogens is 404 g/mol. The fraction of sp³-hybridized carbons (Fsp3) is 0.750. The van der Waals surface area contributed by atoms with Crippen LogP contribution in [0.15, 0.2) is 10.2 Å². The molecule has 168 valence electrons. The first-order chi connectivity index (χ1) is 13.9. The zero-order valence-corrected chi connectivity index (χ0v) is 16.5. The highest BCUT2D eigenvalue weighted by Gasteiger charge is 2.47. The lowest BCUT2D eigenvalue weighted by Crippen LogP contribution is -2.61. The Morgan fingerprint density at radius 1 is 0.867 bits per heavy atom. The molecule has 0 aliphatic rings. The second-order valence-corrected chi connectivity index (χ2v) is 6.93. The van der Waals surface area contributed by atoms with Gasteiger partial charge in [-0.3, -0.25) is 14.4 Å². The first-order valence-corrected chi connectivity index (χ1v) is 8.49. The maximum atomic E-state index is 12.4. The van der Waals surface area contributed by atoms with Gasteiger partial charge in [0.1, 0.15) is 17.1 Å². The highest BCUT2D eigenvalue weighted by Crippen LogP contribution is 2.20. The van der Waals surface area contributed by atoms with Crippen LogP contribution >= 0.6 is 0 Å². The van der Waals surface area contributed by atoms with Gasteiger partial charge in [-0.1, -0.05) is 5.11 Å². The molecule has 0 aromatic heterocycles. The van der Waals surface area contributed by atoms with Gasteiger partial charge in [0.25, 0.3) is 5.91 Å². The molecular formula is C16H26N6O8. The first-order valence-electron chi connectivity index (χ1n) is 8.49. The predicted molar refractivity (Wildman–Crippen MR) is 98.1 cm³/mol. The number of aliphatic hydroxyl groups is 6. The van der Waals surface area contributed by atoms with Gasteiger partial charge in [-0.25, -0.2) is 6.57 Å². The minimum absolute atomic E-state index is 0.860. The van der Waals surface area contributed by atoms with E-state index in [0.29, 0.717) is 0 Å². The van der Waals surface area contributed by atoms with Crippen molar-refractivity contribution >= 4 is 11.8 Å². The van der Waals surface area contributed by atoms with Gasteiger partial charge in [0.15, 0.2) is 0 Å². The molecule has 2 amide bonds. The van der Waals surface area contributed by atoms with Crippen molar-refractivity contribution in [1.29, 1.82) is 5.26 Å². The summed E-state index contributed by atoms with van der Waals surface area (Å²) in [7, 11) is 0. The molecule has 0 radical (unpaired) electrons. The van der Waals surface area contributed by atoms with Gasteiger partial charge < -0.3 is 41.3 Å². The summed E-state index contributed by atoms with van der Waals surface area (Å²) in [5, 5.41) is 76.2. The lowest BCUT2D eigenvalue weighted by Gasteiger charge is -2.31. The molecule has 0 heterocycles. The van der Waals surface area contributed by atoms with E-state index in [1.54, 1.807) is 0 Å². The standard InChI is InChI=1S/C16H26N6O8/c1-13(4-17,11(29)19-15(5-23,6-24)7-25)21-22-14(2,18-3)12(30)20-16(8-26,9-27)10-28/h23-28H,5-10H2,1-2H3,(H,19,29)(H,20,30). The van der Waals surface area contributed by atoms with Crippen molar-refractivity contribution in [3.8, 4) is 6.07 Å². The zero-order valence-electron chi connectivity index (χ0n) is 16.5. The van der Waals surface area contributed by atoms with E-state index in [4.69, 9.17) is 6.57 Å². The van der Waals surface area contributed by atoms with Crippen LogP contribution < -0.4 is 10.6 Å².